The van der Waals surface area contributed by atoms with E-state index >= 15 is 0 Å². The molecule has 2 aromatic carbocycles. The third-order valence-corrected chi connectivity index (χ3v) is 4.00. The molecule has 0 aliphatic carbocycles. The Morgan fingerprint density at radius 1 is 1.23 bits per heavy atom. The summed E-state index contributed by atoms with van der Waals surface area (Å²) in [6.07, 6.45) is 1.37. The molecule has 0 atom stereocenters. The average molecular weight is 430 g/mol. The SMILES string of the molecule is CCOc1cc(/C=C(\C#N)C(=O)Nc2ccc(OC)cc2)cc(Cl)c1OCC(N)=O. The van der Waals surface area contributed by atoms with Crippen LogP contribution in [0.5, 0.6) is 17.2 Å². The number of primary amides is 1. The van der Waals surface area contributed by atoms with Crippen molar-refractivity contribution < 1.29 is 23.8 Å². The van der Waals surface area contributed by atoms with Gasteiger partial charge in [-0.2, -0.15) is 5.26 Å². The lowest BCUT2D eigenvalue weighted by atomic mass is 10.1. The smallest absolute Gasteiger partial charge is 0.266 e. The first kappa shape index (κ1) is 22.6. The first-order valence-electron chi connectivity index (χ1n) is 8.82. The first-order chi connectivity index (χ1) is 14.4. The van der Waals surface area contributed by atoms with E-state index in [-0.39, 0.29) is 28.7 Å². The molecule has 0 radical (unpaired) electrons. The Labute approximate surface area is 178 Å². The van der Waals surface area contributed by atoms with Gasteiger partial charge >= 0.3 is 0 Å². The van der Waals surface area contributed by atoms with E-state index in [1.165, 1.54) is 19.3 Å². The lowest BCUT2D eigenvalue weighted by Crippen LogP contribution is -2.20. The maximum atomic E-state index is 12.5. The number of methoxy groups -OCH3 is 1. The molecule has 0 spiro atoms. The van der Waals surface area contributed by atoms with E-state index in [0.717, 1.165) is 0 Å². The molecule has 8 nitrogen and oxygen atoms in total. The van der Waals surface area contributed by atoms with Crippen LogP contribution >= 0.6 is 11.6 Å². The quantitative estimate of drug-likeness (QED) is 0.466. The van der Waals surface area contributed by atoms with E-state index in [0.29, 0.717) is 23.6 Å². The highest BCUT2D eigenvalue weighted by molar-refractivity contribution is 6.32. The third-order valence-electron chi connectivity index (χ3n) is 3.71. The summed E-state index contributed by atoms with van der Waals surface area (Å²) < 4.78 is 15.9. The standard InChI is InChI=1S/C21H20ClN3O5/c1-3-29-18-10-13(9-17(22)20(18)30-12-19(24)26)8-14(11-23)21(27)25-15-4-6-16(28-2)7-5-15/h4-10H,3,12H2,1-2H3,(H2,24,26)(H,25,27)/b14-8+. The second kappa shape index (κ2) is 10.7. The largest absolute Gasteiger partial charge is 0.497 e. The number of nitrogens with one attached hydrogen (secondary N) is 1. The summed E-state index contributed by atoms with van der Waals surface area (Å²) in [4.78, 5) is 23.5. The number of nitriles is 1. The van der Waals surface area contributed by atoms with Gasteiger partial charge in [0.1, 0.15) is 17.4 Å². The van der Waals surface area contributed by atoms with E-state index in [2.05, 4.69) is 5.32 Å². The molecule has 2 aromatic rings. The highest BCUT2D eigenvalue weighted by Crippen LogP contribution is 2.37. The van der Waals surface area contributed by atoms with Crippen LogP contribution in [0.25, 0.3) is 6.08 Å². The van der Waals surface area contributed by atoms with Gasteiger partial charge in [-0.05, 0) is 55.0 Å². The van der Waals surface area contributed by atoms with Crippen molar-refractivity contribution in [3.05, 3.63) is 52.6 Å². The molecule has 0 saturated carbocycles. The summed E-state index contributed by atoms with van der Waals surface area (Å²) in [7, 11) is 1.54. The molecule has 0 saturated heterocycles. The molecule has 3 N–H and O–H groups in total. The van der Waals surface area contributed by atoms with Gasteiger partial charge in [0.15, 0.2) is 18.1 Å². The monoisotopic (exact) mass is 429 g/mol. The minimum absolute atomic E-state index is 0.140. The Morgan fingerprint density at radius 2 is 1.93 bits per heavy atom. The van der Waals surface area contributed by atoms with Crippen LogP contribution in [0, 0.1) is 11.3 Å². The van der Waals surface area contributed by atoms with Gasteiger partial charge in [0.25, 0.3) is 11.8 Å². The second-order valence-electron chi connectivity index (χ2n) is 5.87. The van der Waals surface area contributed by atoms with Gasteiger partial charge in [-0.25, -0.2) is 0 Å². The van der Waals surface area contributed by atoms with E-state index in [1.54, 1.807) is 37.3 Å². The van der Waals surface area contributed by atoms with Crippen LogP contribution in [0.2, 0.25) is 5.02 Å². The number of carbonyl (C=O) groups excluding carboxylic acids is 2. The summed E-state index contributed by atoms with van der Waals surface area (Å²) in [6, 6.07) is 11.6. The normalized spacial score (nSPS) is 10.7. The molecule has 9 heteroatoms. The summed E-state index contributed by atoms with van der Waals surface area (Å²) in [5, 5.41) is 12.2. The van der Waals surface area contributed by atoms with E-state index < -0.39 is 11.8 Å². The Kier molecular flexibility index (Phi) is 8.08. The van der Waals surface area contributed by atoms with Crippen molar-refractivity contribution in [1.29, 1.82) is 5.26 Å². The van der Waals surface area contributed by atoms with Gasteiger partial charge in [0, 0.05) is 5.69 Å². The molecule has 0 unspecified atom stereocenters. The number of hydrogen-bond donors (Lipinski definition) is 2. The fraction of sp³-hybridized carbons (Fsp3) is 0.190. The number of amides is 2. The zero-order chi connectivity index (χ0) is 22.1. The van der Waals surface area contributed by atoms with Gasteiger partial charge in [-0.15, -0.1) is 0 Å². The van der Waals surface area contributed by atoms with Gasteiger partial charge in [-0.1, -0.05) is 11.6 Å². The van der Waals surface area contributed by atoms with Crippen molar-refractivity contribution in [3.8, 4) is 23.3 Å². The third kappa shape index (κ3) is 6.15. The van der Waals surface area contributed by atoms with Crippen molar-refractivity contribution in [2.45, 2.75) is 6.92 Å². The van der Waals surface area contributed by atoms with Crippen molar-refractivity contribution in [3.63, 3.8) is 0 Å². The van der Waals surface area contributed by atoms with Crippen LogP contribution in [0.3, 0.4) is 0 Å². The summed E-state index contributed by atoms with van der Waals surface area (Å²) in [5.41, 5.74) is 5.90. The Hall–Kier alpha value is -3.70. The van der Waals surface area contributed by atoms with Crippen LogP contribution in [0.4, 0.5) is 5.69 Å². The summed E-state index contributed by atoms with van der Waals surface area (Å²) in [6.45, 7) is 1.69. The fourth-order valence-corrected chi connectivity index (χ4v) is 2.68. The Bertz CT molecular complexity index is 997. The van der Waals surface area contributed by atoms with Gasteiger partial charge < -0.3 is 25.3 Å². The lowest BCUT2D eigenvalue weighted by Gasteiger charge is -2.13. The molecular formula is C21H20ClN3O5. The van der Waals surface area contributed by atoms with E-state index in [9.17, 15) is 14.9 Å². The van der Waals surface area contributed by atoms with E-state index in [4.69, 9.17) is 31.5 Å². The molecule has 2 amide bonds. The molecule has 0 aromatic heterocycles. The number of benzene rings is 2. The molecule has 30 heavy (non-hydrogen) atoms. The summed E-state index contributed by atoms with van der Waals surface area (Å²) >= 11 is 6.24. The zero-order valence-corrected chi connectivity index (χ0v) is 17.2. The molecule has 0 bridgehead atoms. The number of anilines is 1. The minimum atomic E-state index is -0.667. The predicted molar refractivity (Wildman–Crippen MR) is 113 cm³/mol. The van der Waals surface area contributed by atoms with Crippen LogP contribution in [0.1, 0.15) is 12.5 Å². The average Bonchev–Trinajstić information content (AvgIpc) is 2.72. The zero-order valence-electron chi connectivity index (χ0n) is 16.4. The number of nitrogens with two attached hydrogens (primary N) is 1. The number of rotatable bonds is 9. The van der Waals surface area contributed by atoms with Crippen LogP contribution in [-0.2, 0) is 9.59 Å². The van der Waals surface area contributed by atoms with Crippen LogP contribution in [-0.4, -0.2) is 32.1 Å². The number of hydrogen-bond acceptors (Lipinski definition) is 6. The van der Waals surface area contributed by atoms with E-state index in [1.807, 2.05) is 6.07 Å². The fourth-order valence-electron chi connectivity index (χ4n) is 2.41. The first-order valence-corrected chi connectivity index (χ1v) is 9.20. The van der Waals surface area contributed by atoms with Gasteiger partial charge in [0.2, 0.25) is 0 Å². The Balaban J connectivity index is 2.29. The number of ether oxygens (including phenoxy) is 3. The van der Waals surface area contributed by atoms with Crippen molar-refractivity contribution >= 4 is 35.2 Å². The summed E-state index contributed by atoms with van der Waals surface area (Å²) in [5.74, 6) is -0.216. The van der Waals surface area contributed by atoms with Crippen LogP contribution in [0.15, 0.2) is 42.0 Å². The van der Waals surface area contributed by atoms with Crippen molar-refractivity contribution in [2.24, 2.45) is 5.73 Å². The molecule has 156 valence electrons. The van der Waals surface area contributed by atoms with Gasteiger partial charge in [-0.3, -0.25) is 9.59 Å². The molecule has 0 aliphatic rings. The molecule has 2 rings (SSSR count). The van der Waals surface area contributed by atoms with Crippen LogP contribution < -0.4 is 25.3 Å². The molecular weight excluding hydrogens is 410 g/mol. The van der Waals surface area contributed by atoms with Crippen molar-refractivity contribution in [1.82, 2.24) is 0 Å². The van der Waals surface area contributed by atoms with Crippen molar-refractivity contribution in [2.75, 3.05) is 25.6 Å². The second-order valence-corrected chi connectivity index (χ2v) is 6.28. The highest BCUT2D eigenvalue weighted by Gasteiger charge is 2.15. The lowest BCUT2D eigenvalue weighted by molar-refractivity contribution is -0.120. The molecule has 0 fully saturated rings. The predicted octanol–water partition coefficient (Wildman–Crippen LogP) is 3.16. The topological polar surface area (TPSA) is 124 Å². The maximum Gasteiger partial charge on any atom is 0.266 e. The molecule has 0 heterocycles. The van der Waals surface area contributed by atoms with Gasteiger partial charge in [0.05, 0.1) is 18.7 Å². The minimum Gasteiger partial charge on any atom is -0.497 e. The Morgan fingerprint density at radius 3 is 2.50 bits per heavy atom. The number of carbonyl (C=O) groups is 2. The molecule has 0 aliphatic heterocycles. The highest BCUT2D eigenvalue weighted by atomic mass is 35.5. The maximum absolute atomic E-state index is 12.5. The number of halogens is 1. The number of nitrogens with zero attached hydrogens (tertiary/aromatic N) is 1.